The van der Waals surface area contributed by atoms with Crippen LogP contribution in [-0.4, -0.2) is 61.3 Å². The lowest BCUT2D eigenvalue weighted by molar-refractivity contribution is 0.241. The first-order chi connectivity index (χ1) is 10.1. The molecule has 0 rings (SSSR count). The van der Waals surface area contributed by atoms with Crippen molar-refractivity contribution < 1.29 is 5.11 Å². The standard InChI is InChI=1S/C16H36N4O/c1-6-17-16(18-12-14(4)13-21)19-15(5)10-9-11-20(7-2)8-3/h14-15,21H,6-13H2,1-5H3,(H2,17,18,19). The lowest BCUT2D eigenvalue weighted by Crippen LogP contribution is -2.42. The zero-order valence-corrected chi connectivity index (χ0v) is 14.7. The Bertz CT molecular complexity index is 267. The molecular weight excluding hydrogens is 264 g/mol. The van der Waals surface area contributed by atoms with Crippen molar-refractivity contribution in [2.45, 2.75) is 53.5 Å². The van der Waals surface area contributed by atoms with Gasteiger partial charge in [0.2, 0.25) is 0 Å². The SMILES string of the molecule is CCNC(=NCC(C)CO)NC(C)CCCN(CC)CC. The molecule has 3 N–H and O–H groups in total. The van der Waals surface area contributed by atoms with Crippen LogP contribution >= 0.6 is 0 Å². The van der Waals surface area contributed by atoms with Crippen molar-refractivity contribution in [1.29, 1.82) is 0 Å². The Morgan fingerprint density at radius 1 is 1.19 bits per heavy atom. The van der Waals surface area contributed by atoms with Crippen LogP contribution < -0.4 is 10.6 Å². The van der Waals surface area contributed by atoms with E-state index >= 15 is 0 Å². The van der Waals surface area contributed by atoms with Gasteiger partial charge in [0, 0.05) is 25.7 Å². The molecule has 0 amide bonds. The first-order valence-electron chi connectivity index (χ1n) is 8.45. The second-order valence-electron chi connectivity index (χ2n) is 5.72. The van der Waals surface area contributed by atoms with Gasteiger partial charge in [0.05, 0.1) is 0 Å². The third-order valence-electron chi connectivity index (χ3n) is 3.61. The summed E-state index contributed by atoms with van der Waals surface area (Å²) >= 11 is 0. The van der Waals surface area contributed by atoms with Gasteiger partial charge >= 0.3 is 0 Å². The highest BCUT2D eigenvalue weighted by atomic mass is 16.3. The van der Waals surface area contributed by atoms with Crippen molar-refractivity contribution in [2.24, 2.45) is 10.9 Å². The van der Waals surface area contributed by atoms with Gasteiger partial charge in [-0.05, 0) is 52.2 Å². The summed E-state index contributed by atoms with van der Waals surface area (Å²) in [7, 11) is 0. The molecule has 0 saturated heterocycles. The maximum Gasteiger partial charge on any atom is 0.191 e. The number of hydrogen-bond acceptors (Lipinski definition) is 3. The zero-order chi connectivity index (χ0) is 16.1. The third-order valence-corrected chi connectivity index (χ3v) is 3.61. The van der Waals surface area contributed by atoms with Crippen LogP contribution in [-0.2, 0) is 0 Å². The number of aliphatic imine (C=N–C) groups is 1. The second kappa shape index (κ2) is 12.9. The highest BCUT2D eigenvalue weighted by Crippen LogP contribution is 2.00. The van der Waals surface area contributed by atoms with Crippen LogP contribution in [0.4, 0.5) is 0 Å². The van der Waals surface area contributed by atoms with Crippen LogP contribution in [0, 0.1) is 5.92 Å². The first-order valence-corrected chi connectivity index (χ1v) is 8.45. The van der Waals surface area contributed by atoms with E-state index in [0.29, 0.717) is 12.6 Å². The fourth-order valence-electron chi connectivity index (χ4n) is 2.09. The highest BCUT2D eigenvalue weighted by molar-refractivity contribution is 5.80. The van der Waals surface area contributed by atoms with Gasteiger partial charge in [-0.1, -0.05) is 20.8 Å². The molecule has 5 nitrogen and oxygen atoms in total. The van der Waals surface area contributed by atoms with Gasteiger partial charge in [-0.2, -0.15) is 0 Å². The van der Waals surface area contributed by atoms with Gasteiger partial charge in [0.1, 0.15) is 0 Å². The predicted octanol–water partition coefficient (Wildman–Crippen LogP) is 1.68. The highest BCUT2D eigenvalue weighted by Gasteiger charge is 2.07. The minimum absolute atomic E-state index is 0.183. The Labute approximate surface area is 131 Å². The monoisotopic (exact) mass is 300 g/mol. The quantitative estimate of drug-likeness (QED) is 0.401. The number of guanidine groups is 1. The molecule has 0 aromatic carbocycles. The van der Waals surface area contributed by atoms with E-state index in [2.05, 4.69) is 48.2 Å². The number of rotatable bonds is 11. The Balaban J connectivity index is 4.12. The minimum atomic E-state index is 0.183. The van der Waals surface area contributed by atoms with E-state index in [1.807, 2.05) is 6.92 Å². The van der Waals surface area contributed by atoms with Crippen LogP contribution in [0.1, 0.15) is 47.5 Å². The molecule has 0 aliphatic carbocycles. The molecule has 0 aliphatic rings. The molecule has 0 aromatic rings. The first kappa shape index (κ1) is 20.2. The fourth-order valence-corrected chi connectivity index (χ4v) is 2.09. The van der Waals surface area contributed by atoms with E-state index < -0.39 is 0 Å². The van der Waals surface area contributed by atoms with Gasteiger partial charge in [-0.3, -0.25) is 4.99 Å². The maximum absolute atomic E-state index is 9.06. The molecule has 126 valence electrons. The van der Waals surface area contributed by atoms with Crippen molar-refractivity contribution in [1.82, 2.24) is 15.5 Å². The fraction of sp³-hybridized carbons (Fsp3) is 0.938. The van der Waals surface area contributed by atoms with Crippen LogP contribution in [0.2, 0.25) is 0 Å². The van der Waals surface area contributed by atoms with Gasteiger partial charge in [0.25, 0.3) is 0 Å². The molecule has 0 radical (unpaired) electrons. The second-order valence-corrected chi connectivity index (χ2v) is 5.72. The smallest absolute Gasteiger partial charge is 0.191 e. The summed E-state index contributed by atoms with van der Waals surface area (Å²) in [6.07, 6.45) is 2.33. The molecule has 0 bridgehead atoms. The van der Waals surface area contributed by atoms with E-state index in [9.17, 15) is 0 Å². The molecule has 0 aromatic heterocycles. The molecule has 21 heavy (non-hydrogen) atoms. The molecular formula is C16H36N4O. The number of aliphatic hydroxyl groups is 1. The Morgan fingerprint density at radius 2 is 1.86 bits per heavy atom. The molecule has 0 heterocycles. The van der Waals surface area contributed by atoms with Crippen LogP contribution in [0.5, 0.6) is 0 Å². The number of hydrogen-bond donors (Lipinski definition) is 3. The summed E-state index contributed by atoms with van der Waals surface area (Å²) in [5, 5.41) is 15.8. The van der Waals surface area contributed by atoms with Crippen molar-refractivity contribution in [3.63, 3.8) is 0 Å². The van der Waals surface area contributed by atoms with E-state index in [1.165, 1.54) is 6.42 Å². The maximum atomic E-state index is 9.06. The van der Waals surface area contributed by atoms with Crippen molar-refractivity contribution in [3.05, 3.63) is 0 Å². The molecule has 0 saturated carbocycles. The molecule has 2 unspecified atom stereocenters. The van der Waals surface area contributed by atoms with E-state index in [4.69, 9.17) is 5.11 Å². The van der Waals surface area contributed by atoms with E-state index in [-0.39, 0.29) is 12.5 Å². The van der Waals surface area contributed by atoms with Gasteiger partial charge in [0.15, 0.2) is 5.96 Å². The summed E-state index contributed by atoms with van der Waals surface area (Å²) in [4.78, 5) is 6.98. The number of nitrogens with zero attached hydrogens (tertiary/aromatic N) is 2. The topological polar surface area (TPSA) is 59.9 Å². The summed E-state index contributed by atoms with van der Waals surface area (Å²) in [5.41, 5.74) is 0. The zero-order valence-electron chi connectivity index (χ0n) is 14.7. The van der Waals surface area contributed by atoms with Crippen LogP contribution in [0.15, 0.2) is 4.99 Å². The Morgan fingerprint density at radius 3 is 2.38 bits per heavy atom. The van der Waals surface area contributed by atoms with Crippen molar-refractivity contribution in [3.8, 4) is 0 Å². The van der Waals surface area contributed by atoms with Gasteiger partial charge in [-0.25, -0.2) is 0 Å². The van der Waals surface area contributed by atoms with Crippen molar-refractivity contribution in [2.75, 3.05) is 39.3 Å². The third kappa shape index (κ3) is 10.5. The largest absolute Gasteiger partial charge is 0.396 e. The van der Waals surface area contributed by atoms with E-state index in [1.54, 1.807) is 0 Å². The molecule has 2 atom stereocenters. The summed E-state index contributed by atoms with van der Waals surface area (Å²) < 4.78 is 0. The average Bonchev–Trinajstić information content (AvgIpc) is 2.49. The molecule has 0 fully saturated rings. The average molecular weight is 300 g/mol. The lowest BCUT2D eigenvalue weighted by atomic mass is 10.2. The number of aliphatic hydroxyl groups excluding tert-OH is 1. The van der Waals surface area contributed by atoms with Crippen molar-refractivity contribution >= 4 is 5.96 Å². The summed E-state index contributed by atoms with van der Waals surface area (Å²) in [5.74, 6) is 1.06. The molecule has 0 aliphatic heterocycles. The van der Waals surface area contributed by atoms with E-state index in [0.717, 1.165) is 38.6 Å². The normalized spacial score (nSPS) is 15.1. The summed E-state index contributed by atoms with van der Waals surface area (Å²) in [6, 6.07) is 0.405. The minimum Gasteiger partial charge on any atom is -0.396 e. The van der Waals surface area contributed by atoms with Gasteiger partial charge in [-0.15, -0.1) is 0 Å². The molecule has 5 heteroatoms. The van der Waals surface area contributed by atoms with Crippen LogP contribution in [0.3, 0.4) is 0 Å². The lowest BCUT2D eigenvalue weighted by Gasteiger charge is -2.21. The number of nitrogens with one attached hydrogen (secondary N) is 2. The Kier molecular flexibility index (Phi) is 12.4. The summed E-state index contributed by atoms with van der Waals surface area (Å²) in [6.45, 7) is 15.8. The molecule has 0 spiro atoms. The Hall–Kier alpha value is -0.810. The van der Waals surface area contributed by atoms with Crippen LogP contribution in [0.25, 0.3) is 0 Å². The predicted molar refractivity (Wildman–Crippen MR) is 91.8 cm³/mol. The van der Waals surface area contributed by atoms with Gasteiger partial charge < -0.3 is 20.6 Å².